The molecule has 0 N–H and O–H groups in total. The van der Waals surface area contributed by atoms with E-state index in [0.29, 0.717) is 19.0 Å². The molecule has 1 aliphatic rings. The summed E-state index contributed by atoms with van der Waals surface area (Å²) in [6, 6.07) is 0. The standard InChI is InChI=1S/C18H25N5O2/c1-6-9-20-16(19-5)23-13-15(12-21-23)14-7-10-22(11-8-14)17(24)25-18(2,3)4/h6-7,9,12-13H,1,8,10-11H2,2-5H3/b19-16?,20-9-. The van der Waals surface area contributed by atoms with E-state index < -0.39 is 5.60 Å². The number of rotatable bonds is 2. The lowest BCUT2D eigenvalue weighted by molar-refractivity contribution is 0.0270. The number of carbonyl (C=O) groups is 1. The number of hydrogen-bond donors (Lipinski definition) is 0. The average Bonchev–Trinajstić information content (AvgIpc) is 3.04. The van der Waals surface area contributed by atoms with Crippen LogP contribution in [0.2, 0.25) is 0 Å². The van der Waals surface area contributed by atoms with Crippen LogP contribution in [0.5, 0.6) is 0 Å². The topological polar surface area (TPSA) is 72.1 Å². The molecule has 1 amide bonds. The predicted octanol–water partition coefficient (Wildman–Crippen LogP) is 3.00. The van der Waals surface area contributed by atoms with E-state index in [1.807, 2.05) is 33.0 Å². The first kappa shape index (κ1) is 18.6. The molecule has 0 spiro atoms. The second kappa shape index (κ2) is 7.92. The summed E-state index contributed by atoms with van der Waals surface area (Å²) >= 11 is 0. The smallest absolute Gasteiger partial charge is 0.410 e. The van der Waals surface area contributed by atoms with Crippen molar-refractivity contribution >= 4 is 23.8 Å². The van der Waals surface area contributed by atoms with Crippen LogP contribution in [0.4, 0.5) is 4.79 Å². The summed E-state index contributed by atoms with van der Waals surface area (Å²) < 4.78 is 7.03. The van der Waals surface area contributed by atoms with Gasteiger partial charge in [0.05, 0.1) is 6.20 Å². The number of allylic oxidation sites excluding steroid dienone is 1. The Kier molecular flexibility index (Phi) is 5.90. The Labute approximate surface area is 148 Å². The van der Waals surface area contributed by atoms with Gasteiger partial charge in [0.15, 0.2) is 0 Å². The first-order valence-corrected chi connectivity index (χ1v) is 8.18. The monoisotopic (exact) mass is 343 g/mol. The molecule has 2 heterocycles. The highest BCUT2D eigenvalue weighted by Gasteiger charge is 2.24. The number of carbonyl (C=O) groups excluding carboxylic acids is 1. The van der Waals surface area contributed by atoms with E-state index in [1.54, 1.807) is 35.1 Å². The summed E-state index contributed by atoms with van der Waals surface area (Å²) in [6.45, 7) is 10.3. The maximum absolute atomic E-state index is 12.1. The largest absolute Gasteiger partial charge is 0.444 e. The second-order valence-electron chi connectivity index (χ2n) is 6.62. The van der Waals surface area contributed by atoms with Gasteiger partial charge in [0.2, 0.25) is 5.96 Å². The third kappa shape index (κ3) is 5.14. The van der Waals surface area contributed by atoms with Gasteiger partial charge in [0.1, 0.15) is 5.60 Å². The summed E-state index contributed by atoms with van der Waals surface area (Å²) in [6.07, 6.45) is 9.33. The first-order chi connectivity index (χ1) is 11.8. The summed E-state index contributed by atoms with van der Waals surface area (Å²) in [5.41, 5.74) is 1.66. The molecule has 25 heavy (non-hydrogen) atoms. The molecular weight excluding hydrogens is 318 g/mol. The second-order valence-corrected chi connectivity index (χ2v) is 6.62. The third-order valence-corrected chi connectivity index (χ3v) is 3.51. The predicted molar refractivity (Wildman–Crippen MR) is 100 cm³/mol. The minimum absolute atomic E-state index is 0.280. The molecule has 0 radical (unpaired) electrons. The highest BCUT2D eigenvalue weighted by molar-refractivity contribution is 5.91. The van der Waals surface area contributed by atoms with Crippen LogP contribution in [0, 0.1) is 0 Å². The molecule has 0 aromatic carbocycles. The highest BCUT2D eigenvalue weighted by Crippen LogP contribution is 2.23. The summed E-state index contributed by atoms with van der Waals surface area (Å²) in [5, 5.41) is 4.31. The molecule has 1 aromatic rings. The SMILES string of the molecule is C=C/C=N\C(=NC)n1cc(C2=CCN(C(=O)OC(C)(C)C)CC2)cn1. The fourth-order valence-corrected chi connectivity index (χ4v) is 2.36. The molecule has 0 fully saturated rings. The van der Waals surface area contributed by atoms with Gasteiger partial charge in [-0.3, -0.25) is 4.99 Å². The highest BCUT2D eigenvalue weighted by atomic mass is 16.6. The van der Waals surface area contributed by atoms with Crippen molar-refractivity contribution in [2.24, 2.45) is 9.98 Å². The van der Waals surface area contributed by atoms with Gasteiger partial charge in [0, 0.05) is 38.1 Å². The van der Waals surface area contributed by atoms with Crippen LogP contribution in [-0.2, 0) is 4.74 Å². The maximum Gasteiger partial charge on any atom is 0.410 e. The Morgan fingerprint density at radius 2 is 2.20 bits per heavy atom. The number of aromatic nitrogens is 2. The van der Waals surface area contributed by atoms with Gasteiger partial charge in [-0.1, -0.05) is 18.7 Å². The Morgan fingerprint density at radius 1 is 1.44 bits per heavy atom. The molecule has 0 unspecified atom stereocenters. The van der Waals surface area contributed by atoms with Crippen LogP contribution in [0.1, 0.15) is 32.8 Å². The summed E-state index contributed by atoms with van der Waals surface area (Å²) in [7, 11) is 1.66. The molecule has 0 atom stereocenters. The van der Waals surface area contributed by atoms with Crippen LogP contribution in [0.3, 0.4) is 0 Å². The van der Waals surface area contributed by atoms with E-state index >= 15 is 0 Å². The Bertz CT molecular complexity index is 722. The number of hydrogen-bond acceptors (Lipinski definition) is 4. The summed E-state index contributed by atoms with van der Waals surface area (Å²) in [5.74, 6) is 0.484. The van der Waals surface area contributed by atoms with E-state index in [0.717, 1.165) is 17.6 Å². The van der Waals surface area contributed by atoms with Crippen molar-refractivity contribution in [1.82, 2.24) is 14.7 Å². The quantitative estimate of drug-likeness (QED) is 0.612. The zero-order valence-corrected chi connectivity index (χ0v) is 15.3. The van der Waals surface area contributed by atoms with E-state index in [4.69, 9.17) is 4.74 Å². The van der Waals surface area contributed by atoms with Crippen molar-refractivity contribution < 1.29 is 9.53 Å². The van der Waals surface area contributed by atoms with E-state index in [2.05, 4.69) is 21.7 Å². The molecule has 1 aliphatic heterocycles. The zero-order valence-electron chi connectivity index (χ0n) is 15.3. The van der Waals surface area contributed by atoms with Crippen molar-refractivity contribution in [3.63, 3.8) is 0 Å². The maximum atomic E-state index is 12.1. The normalized spacial score (nSPS) is 16.1. The molecule has 7 heteroatoms. The van der Waals surface area contributed by atoms with Crippen LogP contribution in [0.25, 0.3) is 5.57 Å². The molecule has 134 valence electrons. The Hall–Kier alpha value is -2.70. The Morgan fingerprint density at radius 3 is 2.76 bits per heavy atom. The number of aliphatic imine (C=N–C) groups is 2. The Balaban J connectivity index is 2.06. The number of ether oxygens (including phenoxy) is 1. The van der Waals surface area contributed by atoms with Crippen LogP contribution in [0.15, 0.2) is 41.1 Å². The van der Waals surface area contributed by atoms with Crippen molar-refractivity contribution in [2.45, 2.75) is 32.8 Å². The molecule has 0 aliphatic carbocycles. The fraction of sp³-hybridized carbons (Fsp3) is 0.444. The molecule has 0 bridgehead atoms. The first-order valence-electron chi connectivity index (χ1n) is 8.18. The van der Waals surface area contributed by atoms with E-state index in [1.165, 1.54) is 0 Å². The van der Waals surface area contributed by atoms with Crippen LogP contribution >= 0.6 is 0 Å². The van der Waals surface area contributed by atoms with Crippen LogP contribution < -0.4 is 0 Å². The molecule has 7 nitrogen and oxygen atoms in total. The fourth-order valence-electron chi connectivity index (χ4n) is 2.36. The molecule has 0 saturated carbocycles. The summed E-state index contributed by atoms with van der Waals surface area (Å²) in [4.78, 5) is 22.1. The molecule has 2 rings (SSSR count). The third-order valence-electron chi connectivity index (χ3n) is 3.51. The number of nitrogens with zero attached hydrogens (tertiary/aromatic N) is 5. The van der Waals surface area contributed by atoms with Crippen LogP contribution in [-0.4, -0.2) is 58.7 Å². The van der Waals surface area contributed by atoms with Gasteiger partial charge < -0.3 is 9.64 Å². The van der Waals surface area contributed by atoms with Gasteiger partial charge >= 0.3 is 6.09 Å². The van der Waals surface area contributed by atoms with Crippen molar-refractivity contribution in [1.29, 1.82) is 0 Å². The van der Waals surface area contributed by atoms with Crippen molar-refractivity contribution in [2.75, 3.05) is 20.1 Å². The van der Waals surface area contributed by atoms with Crippen molar-refractivity contribution in [3.8, 4) is 0 Å². The van der Waals surface area contributed by atoms with Gasteiger partial charge in [-0.25, -0.2) is 14.5 Å². The van der Waals surface area contributed by atoms with E-state index in [-0.39, 0.29) is 6.09 Å². The zero-order chi connectivity index (χ0) is 18.4. The minimum Gasteiger partial charge on any atom is -0.444 e. The molecule has 1 aromatic heterocycles. The van der Waals surface area contributed by atoms with Gasteiger partial charge in [0.25, 0.3) is 0 Å². The molecular formula is C18H25N5O2. The minimum atomic E-state index is -0.482. The average molecular weight is 343 g/mol. The van der Waals surface area contributed by atoms with Gasteiger partial charge in [-0.2, -0.15) is 5.10 Å². The van der Waals surface area contributed by atoms with Crippen molar-refractivity contribution in [3.05, 3.63) is 36.7 Å². The van der Waals surface area contributed by atoms with Gasteiger partial charge in [-0.05, 0) is 32.8 Å². The molecule has 0 saturated heterocycles. The lowest BCUT2D eigenvalue weighted by Gasteiger charge is -2.29. The lowest BCUT2D eigenvalue weighted by Crippen LogP contribution is -2.39. The lowest BCUT2D eigenvalue weighted by atomic mass is 10.0. The van der Waals surface area contributed by atoms with Gasteiger partial charge in [-0.15, -0.1) is 0 Å². The number of amides is 1. The van der Waals surface area contributed by atoms with E-state index in [9.17, 15) is 4.79 Å².